The third-order valence-electron chi connectivity index (χ3n) is 3.58. The molecule has 122 valence electrons. The molecule has 23 heavy (non-hydrogen) atoms. The molecule has 0 aliphatic rings. The third kappa shape index (κ3) is 3.93. The first-order valence-electron chi connectivity index (χ1n) is 7.37. The van der Waals surface area contributed by atoms with E-state index < -0.39 is 5.82 Å². The van der Waals surface area contributed by atoms with Crippen molar-refractivity contribution in [3.05, 3.63) is 52.8 Å². The first kappa shape index (κ1) is 17.1. The van der Waals surface area contributed by atoms with Crippen molar-refractivity contribution in [1.29, 1.82) is 0 Å². The fourth-order valence-corrected chi connectivity index (χ4v) is 2.53. The molecule has 2 aromatic rings. The maximum Gasteiger partial charge on any atom is 0.255 e. The zero-order valence-corrected chi connectivity index (χ0v) is 13.8. The van der Waals surface area contributed by atoms with Crippen LogP contribution < -0.4 is 16.0 Å². The minimum Gasteiger partial charge on any atom is -0.397 e. The van der Waals surface area contributed by atoms with Gasteiger partial charge in [-0.1, -0.05) is 11.6 Å². The predicted octanol–water partition coefficient (Wildman–Crippen LogP) is 4.16. The van der Waals surface area contributed by atoms with Gasteiger partial charge in [0, 0.05) is 18.7 Å². The standard InChI is InChI=1S/C17H19ClFN3O/c1-3-22(4-2)16-10-15(13(18)9-14(16)20)21-17(23)11-5-7-12(19)8-6-11/h5-10H,3-4,20H2,1-2H3,(H,21,23). The van der Waals surface area contributed by atoms with Gasteiger partial charge in [-0.05, 0) is 50.2 Å². The summed E-state index contributed by atoms with van der Waals surface area (Å²) in [5.74, 6) is -0.752. The van der Waals surface area contributed by atoms with Gasteiger partial charge in [0.2, 0.25) is 0 Å². The van der Waals surface area contributed by atoms with Gasteiger partial charge in [-0.25, -0.2) is 4.39 Å². The Hall–Kier alpha value is -2.27. The van der Waals surface area contributed by atoms with Crippen LogP contribution in [0.1, 0.15) is 24.2 Å². The van der Waals surface area contributed by atoms with Crippen LogP contribution in [0.2, 0.25) is 5.02 Å². The van der Waals surface area contributed by atoms with E-state index in [4.69, 9.17) is 17.3 Å². The number of nitrogens with two attached hydrogens (primary N) is 1. The molecule has 3 N–H and O–H groups in total. The minimum atomic E-state index is -0.393. The maximum atomic E-state index is 12.9. The Morgan fingerprint density at radius 1 is 1.22 bits per heavy atom. The average Bonchev–Trinajstić information content (AvgIpc) is 2.53. The lowest BCUT2D eigenvalue weighted by molar-refractivity contribution is 0.102. The normalized spacial score (nSPS) is 10.4. The molecule has 2 rings (SSSR count). The van der Waals surface area contributed by atoms with Crippen molar-refractivity contribution in [3.8, 4) is 0 Å². The quantitative estimate of drug-likeness (QED) is 0.807. The second-order valence-corrected chi connectivity index (χ2v) is 5.43. The number of carbonyl (C=O) groups is 1. The molecule has 1 amide bonds. The number of anilines is 3. The Bertz CT molecular complexity index is 700. The van der Waals surface area contributed by atoms with E-state index in [1.807, 2.05) is 13.8 Å². The fourth-order valence-electron chi connectivity index (χ4n) is 2.31. The molecule has 0 fully saturated rings. The summed E-state index contributed by atoms with van der Waals surface area (Å²) in [7, 11) is 0. The molecule has 2 aromatic carbocycles. The molecule has 0 aliphatic heterocycles. The number of nitrogens with one attached hydrogen (secondary N) is 1. The van der Waals surface area contributed by atoms with Crippen molar-refractivity contribution < 1.29 is 9.18 Å². The summed E-state index contributed by atoms with van der Waals surface area (Å²) < 4.78 is 12.9. The van der Waals surface area contributed by atoms with E-state index in [2.05, 4.69) is 10.2 Å². The van der Waals surface area contributed by atoms with Crippen LogP contribution in [0.25, 0.3) is 0 Å². The van der Waals surface area contributed by atoms with E-state index in [0.717, 1.165) is 18.8 Å². The Morgan fingerprint density at radius 3 is 2.39 bits per heavy atom. The lowest BCUT2D eigenvalue weighted by Crippen LogP contribution is -2.23. The van der Waals surface area contributed by atoms with Gasteiger partial charge in [0.1, 0.15) is 5.82 Å². The molecular formula is C17H19ClFN3O. The highest BCUT2D eigenvalue weighted by Crippen LogP contribution is 2.33. The van der Waals surface area contributed by atoms with E-state index in [9.17, 15) is 9.18 Å². The minimum absolute atomic E-state index is 0.351. The van der Waals surface area contributed by atoms with Gasteiger partial charge in [-0.15, -0.1) is 0 Å². The van der Waals surface area contributed by atoms with Gasteiger partial charge < -0.3 is 16.0 Å². The number of hydrogen-bond acceptors (Lipinski definition) is 3. The van der Waals surface area contributed by atoms with Crippen molar-refractivity contribution in [3.63, 3.8) is 0 Å². The summed E-state index contributed by atoms with van der Waals surface area (Å²) in [5.41, 5.74) is 8.21. The number of nitrogen functional groups attached to an aromatic ring is 1. The zero-order chi connectivity index (χ0) is 17.0. The Balaban J connectivity index is 2.30. The monoisotopic (exact) mass is 335 g/mol. The van der Waals surface area contributed by atoms with Crippen LogP contribution in [0.15, 0.2) is 36.4 Å². The lowest BCUT2D eigenvalue weighted by atomic mass is 10.2. The van der Waals surface area contributed by atoms with Gasteiger partial charge in [0.05, 0.1) is 22.1 Å². The average molecular weight is 336 g/mol. The first-order valence-corrected chi connectivity index (χ1v) is 7.75. The van der Waals surface area contributed by atoms with Crippen LogP contribution in [-0.2, 0) is 0 Å². The molecule has 0 spiro atoms. The first-order chi connectivity index (χ1) is 11.0. The van der Waals surface area contributed by atoms with Gasteiger partial charge in [-0.2, -0.15) is 0 Å². The number of halogens is 2. The third-order valence-corrected chi connectivity index (χ3v) is 3.89. The largest absolute Gasteiger partial charge is 0.397 e. The summed E-state index contributed by atoms with van der Waals surface area (Å²) in [6, 6.07) is 8.69. The van der Waals surface area contributed by atoms with Crippen LogP contribution in [0, 0.1) is 5.82 Å². The molecule has 6 heteroatoms. The molecule has 0 aliphatic carbocycles. The summed E-state index contributed by atoms with van der Waals surface area (Å²) in [5, 5.41) is 3.10. The SMILES string of the molecule is CCN(CC)c1cc(NC(=O)c2ccc(F)cc2)c(Cl)cc1N. The highest BCUT2D eigenvalue weighted by atomic mass is 35.5. The number of hydrogen-bond donors (Lipinski definition) is 2. The van der Waals surface area contributed by atoms with Gasteiger partial charge in [0.15, 0.2) is 0 Å². The maximum absolute atomic E-state index is 12.9. The molecular weight excluding hydrogens is 317 g/mol. The molecule has 0 aromatic heterocycles. The molecule has 0 saturated heterocycles. The Labute approximate surface area is 140 Å². The van der Waals surface area contributed by atoms with Crippen LogP contribution in [0.4, 0.5) is 21.5 Å². The molecule has 0 bridgehead atoms. The van der Waals surface area contributed by atoms with E-state index in [1.165, 1.54) is 24.3 Å². The molecule has 4 nitrogen and oxygen atoms in total. The summed E-state index contributed by atoms with van der Waals surface area (Å²) in [6.45, 7) is 5.62. The van der Waals surface area contributed by atoms with Gasteiger partial charge in [-0.3, -0.25) is 4.79 Å². The highest BCUT2D eigenvalue weighted by molar-refractivity contribution is 6.34. The number of carbonyl (C=O) groups excluding carboxylic acids is 1. The van der Waals surface area contributed by atoms with Crippen molar-refractivity contribution in [2.45, 2.75) is 13.8 Å². The van der Waals surface area contributed by atoms with Crippen LogP contribution in [0.5, 0.6) is 0 Å². The van der Waals surface area contributed by atoms with Crippen molar-refractivity contribution in [1.82, 2.24) is 0 Å². The Morgan fingerprint density at radius 2 is 1.83 bits per heavy atom. The fraction of sp³-hybridized carbons (Fsp3) is 0.235. The number of amides is 1. The summed E-state index contributed by atoms with van der Waals surface area (Å²) >= 11 is 6.18. The number of nitrogens with zero attached hydrogens (tertiary/aromatic N) is 1. The van der Waals surface area contributed by atoms with E-state index in [-0.39, 0.29) is 5.91 Å². The molecule has 0 heterocycles. The number of benzene rings is 2. The van der Waals surface area contributed by atoms with Crippen LogP contribution >= 0.6 is 11.6 Å². The zero-order valence-electron chi connectivity index (χ0n) is 13.1. The van der Waals surface area contributed by atoms with Crippen molar-refractivity contribution in [2.75, 3.05) is 29.0 Å². The van der Waals surface area contributed by atoms with Crippen molar-refractivity contribution in [2.24, 2.45) is 0 Å². The Kier molecular flexibility index (Phi) is 5.45. The van der Waals surface area contributed by atoms with E-state index in [1.54, 1.807) is 12.1 Å². The second-order valence-electron chi connectivity index (χ2n) is 5.02. The predicted molar refractivity (Wildman–Crippen MR) is 93.8 cm³/mol. The van der Waals surface area contributed by atoms with E-state index in [0.29, 0.717) is 22.0 Å². The van der Waals surface area contributed by atoms with E-state index >= 15 is 0 Å². The molecule has 0 unspecified atom stereocenters. The van der Waals surface area contributed by atoms with Gasteiger partial charge >= 0.3 is 0 Å². The molecule has 0 atom stereocenters. The smallest absolute Gasteiger partial charge is 0.255 e. The van der Waals surface area contributed by atoms with Crippen LogP contribution in [0.3, 0.4) is 0 Å². The molecule has 0 saturated carbocycles. The topological polar surface area (TPSA) is 58.4 Å². The summed E-state index contributed by atoms with van der Waals surface area (Å²) in [4.78, 5) is 14.3. The highest BCUT2D eigenvalue weighted by Gasteiger charge is 2.14. The molecule has 0 radical (unpaired) electrons. The summed E-state index contributed by atoms with van der Waals surface area (Å²) in [6.07, 6.45) is 0. The van der Waals surface area contributed by atoms with Crippen molar-refractivity contribution >= 4 is 34.6 Å². The van der Waals surface area contributed by atoms with Gasteiger partial charge in [0.25, 0.3) is 5.91 Å². The number of rotatable bonds is 5. The van der Waals surface area contributed by atoms with Crippen LogP contribution in [-0.4, -0.2) is 19.0 Å². The lowest BCUT2D eigenvalue weighted by Gasteiger charge is -2.24. The second kappa shape index (κ2) is 7.33.